The van der Waals surface area contributed by atoms with Crippen LogP contribution in [0.2, 0.25) is 0 Å². The van der Waals surface area contributed by atoms with Gasteiger partial charge in [0.05, 0.1) is 5.41 Å². The molecule has 0 radical (unpaired) electrons. The zero-order valence-corrected chi connectivity index (χ0v) is 16.9. The molecule has 0 saturated carbocycles. The molecule has 1 aromatic carbocycles. The van der Waals surface area contributed by atoms with E-state index < -0.39 is 11.5 Å². The smallest absolute Gasteiger partial charge is 0.242 e. The van der Waals surface area contributed by atoms with Crippen LogP contribution in [0.25, 0.3) is 0 Å². The molecule has 1 fully saturated rings. The SMILES string of the molecule is CC(NC(=O)C1(c2ccc(Br)cc2)CCOCC1)C(=O)NC(C)(C)C. The standard InChI is InChI=1S/C19H27BrN2O3/c1-13(16(23)22-18(2,3)4)21-17(24)19(9-11-25-12-10-19)14-5-7-15(20)8-6-14/h5-8,13H,9-12H2,1-4H3,(H,21,24)(H,22,23). The van der Waals surface area contributed by atoms with Crippen molar-refractivity contribution in [3.05, 3.63) is 34.3 Å². The molecule has 1 unspecified atom stereocenters. The molecule has 2 amide bonds. The minimum absolute atomic E-state index is 0.116. The van der Waals surface area contributed by atoms with Crippen LogP contribution in [0, 0.1) is 0 Å². The van der Waals surface area contributed by atoms with Gasteiger partial charge in [-0.25, -0.2) is 0 Å². The molecule has 1 aliphatic rings. The van der Waals surface area contributed by atoms with Crippen molar-refractivity contribution in [1.82, 2.24) is 10.6 Å². The summed E-state index contributed by atoms with van der Waals surface area (Å²) in [5.74, 6) is -0.298. The van der Waals surface area contributed by atoms with Gasteiger partial charge in [0.15, 0.2) is 0 Å². The van der Waals surface area contributed by atoms with Crippen molar-refractivity contribution in [3.8, 4) is 0 Å². The lowest BCUT2D eigenvalue weighted by Crippen LogP contribution is -2.55. The second-order valence-electron chi connectivity index (χ2n) is 7.64. The van der Waals surface area contributed by atoms with Crippen LogP contribution in [-0.2, 0) is 19.7 Å². The highest BCUT2D eigenvalue weighted by molar-refractivity contribution is 9.10. The largest absolute Gasteiger partial charge is 0.381 e. The van der Waals surface area contributed by atoms with E-state index in [0.717, 1.165) is 10.0 Å². The number of hydrogen-bond acceptors (Lipinski definition) is 3. The molecule has 1 heterocycles. The summed E-state index contributed by atoms with van der Waals surface area (Å²) >= 11 is 3.43. The molecule has 0 spiro atoms. The van der Waals surface area contributed by atoms with E-state index >= 15 is 0 Å². The lowest BCUT2D eigenvalue weighted by molar-refractivity contribution is -0.135. The predicted octanol–water partition coefficient (Wildman–Crippen LogP) is 2.92. The Morgan fingerprint density at radius 1 is 1.16 bits per heavy atom. The number of benzene rings is 1. The van der Waals surface area contributed by atoms with Crippen molar-refractivity contribution in [2.24, 2.45) is 0 Å². The molecule has 138 valence electrons. The van der Waals surface area contributed by atoms with Crippen molar-refractivity contribution < 1.29 is 14.3 Å². The number of carbonyl (C=O) groups excluding carboxylic acids is 2. The molecular weight excluding hydrogens is 384 g/mol. The molecule has 0 aromatic heterocycles. The van der Waals surface area contributed by atoms with Crippen LogP contribution in [0.3, 0.4) is 0 Å². The van der Waals surface area contributed by atoms with Gasteiger partial charge in [-0.05, 0) is 58.2 Å². The van der Waals surface area contributed by atoms with Gasteiger partial charge in [0.2, 0.25) is 11.8 Å². The van der Waals surface area contributed by atoms with Crippen LogP contribution >= 0.6 is 15.9 Å². The second kappa shape index (κ2) is 7.87. The highest BCUT2D eigenvalue weighted by Crippen LogP contribution is 2.36. The van der Waals surface area contributed by atoms with E-state index in [0.29, 0.717) is 26.1 Å². The van der Waals surface area contributed by atoms with E-state index in [1.54, 1.807) is 6.92 Å². The summed E-state index contributed by atoms with van der Waals surface area (Å²) in [6.45, 7) is 8.54. The third-order valence-corrected chi connectivity index (χ3v) is 4.95. The fourth-order valence-electron chi connectivity index (χ4n) is 3.01. The average molecular weight is 411 g/mol. The maximum atomic E-state index is 13.1. The number of rotatable bonds is 4. The van der Waals surface area contributed by atoms with Crippen LogP contribution in [0.4, 0.5) is 0 Å². The summed E-state index contributed by atoms with van der Waals surface area (Å²) in [4.78, 5) is 25.4. The summed E-state index contributed by atoms with van der Waals surface area (Å²) in [6, 6.07) is 7.22. The van der Waals surface area contributed by atoms with Gasteiger partial charge < -0.3 is 15.4 Å². The second-order valence-corrected chi connectivity index (χ2v) is 8.55. The van der Waals surface area contributed by atoms with Gasteiger partial charge in [-0.15, -0.1) is 0 Å². The molecule has 2 rings (SSSR count). The molecular formula is C19H27BrN2O3. The van der Waals surface area contributed by atoms with Crippen LogP contribution in [0.15, 0.2) is 28.7 Å². The lowest BCUT2D eigenvalue weighted by atomic mass is 9.73. The Labute approximate surface area is 158 Å². The quantitative estimate of drug-likeness (QED) is 0.801. The minimum Gasteiger partial charge on any atom is -0.381 e. The van der Waals surface area contributed by atoms with Crippen LogP contribution < -0.4 is 10.6 Å². The number of carbonyl (C=O) groups is 2. The number of nitrogens with one attached hydrogen (secondary N) is 2. The van der Waals surface area contributed by atoms with E-state index in [1.165, 1.54) is 0 Å². The predicted molar refractivity (Wildman–Crippen MR) is 101 cm³/mol. The fourth-order valence-corrected chi connectivity index (χ4v) is 3.28. The molecule has 6 heteroatoms. The molecule has 0 aliphatic carbocycles. The van der Waals surface area contributed by atoms with Crippen LogP contribution in [0.5, 0.6) is 0 Å². The van der Waals surface area contributed by atoms with Crippen molar-refractivity contribution in [3.63, 3.8) is 0 Å². The number of hydrogen-bond donors (Lipinski definition) is 2. The Bertz CT molecular complexity index is 617. The summed E-state index contributed by atoms with van der Waals surface area (Å²) in [7, 11) is 0. The van der Waals surface area contributed by atoms with Gasteiger partial charge in [0.25, 0.3) is 0 Å². The fraction of sp³-hybridized carbons (Fsp3) is 0.579. The Hall–Kier alpha value is -1.40. The van der Waals surface area contributed by atoms with Gasteiger partial charge in [-0.1, -0.05) is 28.1 Å². The molecule has 2 N–H and O–H groups in total. The van der Waals surface area contributed by atoms with E-state index in [9.17, 15) is 9.59 Å². The first-order valence-electron chi connectivity index (χ1n) is 8.61. The van der Waals surface area contributed by atoms with Crippen LogP contribution in [0.1, 0.15) is 46.1 Å². The number of amides is 2. The average Bonchev–Trinajstić information content (AvgIpc) is 2.54. The van der Waals surface area contributed by atoms with Gasteiger partial charge in [0.1, 0.15) is 6.04 Å². The van der Waals surface area contributed by atoms with Crippen molar-refractivity contribution in [2.75, 3.05) is 13.2 Å². The first kappa shape index (κ1) is 19.9. The maximum Gasteiger partial charge on any atom is 0.242 e. The summed E-state index contributed by atoms with van der Waals surface area (Å²) < 4.78 is 6.44. The molecule has 5 nitrogen and oxygen atoms in total. The summed E-state index contributed by atoms with van der Waals surface area (Å²) in [5.41, 5.74) is -0.0344. The van der Waals surface area contributed by atoms with Crippen LogP contribution in [-0.4, -0.2) is 36.6 Å². The molecule has 1 saturated heterocycles. The lowest BCUT2D eigenvalue weighted by Gasteiger charge is -2.37. The zero-order valence-electron chi connectivity index (χ0n) is 15.3. The monoisotopic (exact) mass is 410 g/mol. The van der Waals surface area contributed by atoms with Gasteiger partial charge in [-0.3, -0.25) is 9.59 Å². The normalized spacial score (nSPS) is 18.3. The zero-order chi connectivity index (χ0) is 18.7. The third kappa shape index (κ3) is 5.05. The van der Waals surface area contributed by atoms with E-state index in [-0.39, 0.29) is 17.4 Å². The first-order chi connectivity index (χ1) is 11.6. The molecule has 1 atom stereocenters. The van der Waals surface area contributed by atoms with Gasteiger partial charge in [-0.2, -0.15) is 0 Å². The van der Waals surface area contributed by atoms with E-state index in [1.807, 2.05) is 45.0 Å². The van der Waals surface area contributed by atoms with Crippen molar-refractivity contribution >= 4 is 27.7 Å². The highest BCUT2D eigenvalue weighted by Gasteiger charge is 2.42. The van der Waals surface area contributed by atoms with Crippen molar-refractivity contribution in [1.29, 1.82) is 0 Å². The minimum atomic E-state index is -0.658. The third-order valence-electron chi connectivity index (χ3n) is 4.42. The molecule has 25 heavy (non-hydrogen) atoms. The Kier molecular flexibility index (Phi) is 6.27. The van der Waals surface area contributed by atoms with Gasteiger partial charge >= 0.3 is 0 Å². The topological polar surface area (TPSA) is 67.4 Å². The maximum absolute atomic E-state index is 13.1. The van der Waals surface area contributed by atoms with Crippen molar-refractivity contribution in [2.45, 2.75) is 57.5 Å². The Morgan fingerprint density at radius 3 is 2.24 bits per heavy atom. The van der Waals surface area contributed by atoms with Gasteiger partial charge in [0, 0.05) is 23.2 Å². The van der Waals surface area contributed by atoms with E-state index in [4.69, 9.17) is 4.74 Å². The first-order valence-corrected chi connectivity index (χ1v) is 9.40. The Balaban J connectivity index is 2.19. The molecule has 0 bridgehead atoms. The number of halogens is 1. The number of ether oxygens (including phenoxy) is 1. The Morgan fingerprint density at radius 2 is 1.72 bits per heavy atom. The summed E-state index contributed by atoms with van der Waals surface area (Å²) in [6.07, 6.45) is 1.21. The molecule has 1 aromatic rings. The molecule has 1 aliphatic heterocycles. The highest BCUT2D eigenvalue weighted by atomic mass is 79.9. The van der Waals surface area contributed by atoms with E-state index in [2.05, 4.69) is 26.6 Å². The summed E-state index contributed by atoms with van der Waals surface area (Å²) in [5, 5.41) is 5.81.